The summed E-state index contributed by atoms with van der Waals surface area (Å²) in [5.41, 5.74) is 1.33. The molecule has 0 atom stereocenters. The van der Waals surface area contributed by atoms with E-state index in [0.29, 0.717) is 5.75 Å². The third kappa shape index (κ3) is 7.95. The zero-order valence-electron chi connectivity index (χ0n) is 20.2. The summed E-state index contributed by atoms with van der Waals surface area (Å²) in [6.45, 7) is 4.51. The van der Waals surface area contributed by atoms with Gasteiger partial charge in [0.1, 0.15) is 5.75 Å². The second kappa shape index (κ2) is 13.3. The summed E-state index contributed by atoms with van der Waals surface area (Å²) in [5, 5.41) is 0. The van der Waals surface area contributed by atoms with E-state index in [9.17, 15) is 4.79 Å². The molecule has 0 aliphatic heterocycles. The van der Waals surface area contributed by atoms with E-state index in [4.69, 9.17) is 4.74 Å². The third-order valence-corrected chi connectivity index (χ3v) is 8.09. The lowest BCUT2D eigenvalue weighted by atomic mass is 9.68. The zero-order valence-corrected chi connectivity index (χ0v) is 20.2. The maximum atomic E-state index is 12.7. The van der Waals surface area contributed by atoms with Gasteiger partial charge >= 0.3 is 5.97 Å². The minimum Gasteiger partial charge on any atom is -0.426 e. The zero-order chi connectivity index (χ0) is 21.9. The molecule has 0 N–H and O–H groups in total. The largest absolute Gasteiger partial charge is 0.426 e. The normalized spacial score (nSPS) is 26.5. The molecule has 0 spiro atoms. The molecule has 2 saturated carbocycles. The Bertz CT molecular complexity index is 619. The van der Waals surface area contributed by atoms with Crippen molar-refractivity contribution >= 4 is 5.97 Å². The Hall–Kier alpha value is -1.31. The van der Waals surface area contributed by atoms with Gasteiger partial charge in [0.15, 0.2) is 0 Å². The highest BCUT2D eigenvalue weighted by Crippen LogP contribution is 2.42. The van der Waals surface area contributed by atoms with E-state index in [-0.39, 0.29) is 11.9 Å². The molecule has 0 amide bonds. The van der Waals surface area contributed by atoms with Gasteiger partial charge in [-0.15, -0.1) is 0 Å². The molecular formula is C29H46O2. The number of benzene rings is 1. The first-order valence-corrected chi connectivity index (χ1v) is 13.5. The average Bonchev–Trinajstić information content (AvgIpc) is 2.82. The number of carbonyl (C=O) groups is 1. The Balaban J connectivity index is 1.34. The van der Waals surface area contributed by atoms with Crippen LogP contribution in [-0.4, -0.2) is 5.97 Å². The second-order valence-electron chi connectivity index (χ2n) is 10.4. The van der Waals surface area contributed by atoms with Gasteiger partial charge in [-0.1, -0.05) is 77.3 Å². The Labute approximate surface area is 191 Å². The van der Waals surface area contributed by atoms with E-state index in [2.05, 4.69) is 26.0 Å². The Morgan fingerprint density at radius 2 is 1.39 bits per heavy atom. The van der Waals surface area contributed by atoms with Crippen LogP contribution in [0, 0.1) is 23.7 Å². The predicted molar refractivity (Wildman–Crippen MR) is 130 cm³/mol. The molecule has 0 heterocycles. The van der Waals surface area contributed by atoms with Crippen LogP contribution in [0.15, 0.2) is 24.3 Å². The minimum atomic E-state index is -0.00412. The van der Waals surface area contributed by atoms with Crippen molar-refractivity contribution in [3.8, 4) is 5.75 Å². The van der Waals surface area contributed by atoms with Crippen molar-refractivity contribution in [2.45, 2.75) is 117 Å². The summed E-state index contributed by atoms with van der Waals surface area (Å²) in [7, 11) is 0. The van der Waals surface area contributed by atoms with Gasteiger partial charge in [0.05, 0.1) is 5.92 Å². The first kappa shape index (κ1) is 24.3. The van der Waals surface area contributed by atoms with Gasteiger partial charge < -0.3 is 4.74 Å². The highest BCUT2D eigenvalue weighted by atomic mass is 16.5. The summed E-state index contributed by atoms with van der Waals surface area (Å²) < 4.78 is 5.72. The van der Waals surface area contributed by atoms with E-state index in [1.54, 1.807) is 0 Å². The van der Waals surface area contributed by atoms with Crippen molar-refractivity contribution < 1.29 is 9.53 Å². The van der Waals surface area contributed by atoms with E-state index < -0.39 is 0 Å². The fourth-order valence-corrected chi connectivity index (χ4v) is 5.94. The van der Waals surface area contributed by atoms with Crippen LogP contribution in [0.3, 0.4) is 0 Å². The van der Waals surface area contributed by atoms with Crippen molar-refractivity contribution in [1.82, 2.24) is 0 Å². The fourth-order valence-electron chi connectivity index (χ4n) is 5.94. The standard InChI is InChI=1S/C29H46O2/c1-3-5-7-8-10-24-11-15-25(16-12-24)26-17-19-27(20-18-26)29(30)31-28-21-13-23(14-22-28)9-6-4-2/h13-14,21-22,24-27H,3-12,15-20H2,1-2H3. The van der Waals surface area contributed by atoms with Gasteiger partial charge in [0.2, 0.25) is 0 Å². The van der Waals surface area contributed by atoms with Crippen molar-refractivity contribution in [2.24, 2.45) is 23.7 Å². The van der Waals surface area contributed by atoms with Crippen LogP contribution < -0.4 is 4.74 Å². The number of esters is 1. The number of aryl methyl sites for hydroxylation is 1. The van der Waals surface area contributed by atoms with Gasteiger partial charge in [0.25, 0.3) is 0 Å². The SMILES string of the molecule is CCCCCCC1CCC(C2CCC(C(=O)Oc3ccc(CCCC)cc3)CC2)CC1. The van der Waals surface area contributed by atoms with E-state index in [0.717, 1.165) is 37.0 Å². The summed E-state index contributed by atoms with van der Waals surface area (Å²) in [6.07, 6.45) is 20.9. The van der Waals surface area contributed by atoms with Crippen molar-refractivity contribution in [3.63, 3.8) is 0 Å². The molecule has 0 bridgehead atoms. The predicted octanol–water partition coefficient (Wildman–Crippen LogP) is 8.52. The first-order chi connectivity index (χ1) is 15.2. The van der Waals surface area contributed by atoms with Gasteiger partial charge in [-0.3, -0.25) is 4.79 Å². The Morgan fingerprint density at radius 3 is 2.00 bits per heavy atom. The molecule has 2 aliphatic carbocycles. The first-order valence-electron chi connectivity index (χ1n) is 13.5. The lowest BCUT2D eigenvalue weighted by Crippen LogP contribution is -2.30. The number of hydrogen-bond acceptors (Lipinski definition) is 2. The maximum absolute atomic E-state index is 12.7. The van der Waals surface area contributed by atoms with Crippen molar-refractivity contribution in [2.75, 3.05) is 0 Å². The average molecular weight is 427 g/mol. The van der Waals surface area contributed by atoms with Crippen LogP contribution in [0.2, 0.25) is 0 Å². The molecule has 3 rings (SSSR count). The molecule has 0 radical (unpaired) electrons. The van der Waals surface area contributed by atoms with E-state index in [1.165, 1.54) is 89.0 Å². The number of carbonyl (C=O) groups excluding carboxylic acids is 1. The summed E-state index contributed by atoms with van der Waals surface area (Å²) in [4.78, 5) is 12.7. The molecule has 1 aromatic carbocycles. The number of hydrogen-bond donors (Lipinski definition) is 0. The van der Waals surface area contributed by atoms with Crippen molar-refractivity contribution in [1.29, 1.82) is 0 Å². The van der Waals surface area contributed by atoms with Crippen LogP contribution >= 0.6 is 0 Å². The summed E-state index contributed by atoms with van der Waals surface area (Å²) in [5.74, 6) is 3.57. The minimum absolute atomic E-state index is 0.00412. The second-order valence-corrected chi connectivity index (χ2v) is 10.4. The molecule has 0 unspecified atom stereocenters. The van der Waals surface area contributed by atoms with Gasteiger partial charge in [-0.05, 0) is 86.8 Å². The molecular weight excluding hydrogens is 380 g/mol. The molecule has 2 fully saturated rings. The van der Waals surface area contributed by atoms with E-state index >= 15 is 0 Å². The summed E-state index contributed by atoms with van der Waals surface area (Å²) >= 11 is 0. The number of ether oxygens (including phenoxy) is 1. The lowest BCUT2D eigenvalue weighted by molar-refractivity contribution is -0.140. The highest BCUT2D eigenvalue weighted by molar-refractivity contribution is 5.75. The van der Waals surface area contributed by atoms with Crippen LogP contribution in [0.5, 0.6) is 5.75 Å². The molecule has 31 heavy (non-hydrogen) atoms. The van der Waals surface area contributed by atoms with Crippen LogP contribution in [-0.2, 0) is 11.2 Å². The Kier molecular flexibility index (Phi) is 10.4. The summed E-state index contributed by atoms with van der Waals surface area (Å²) in [6, 6.07) is 8.15. The van der Waals surface area contributed by atoms with Crippen LogP contribution in [0.4, 0.5) is 0 Å². The monoisotopic (exact) mass is 426 g/mol. The van der Waals surface area contributed by atoms with Crippen LogP contribution in [0.25, 0.3) is 0 Å². The third-order valence-electron chi connectivity index (χ3n) is 8.09. The molecule has 0 saturated heterocycles. The van der Waals surface area contributed by atoms with Crippen LogP contribution in [0.1, 0.15) is 116 Å². The lowest BCUT2D eigenvalue weighted by Gasteiger charge is -2.37. The smallest absolute Gasteiger partial charge is 0.314 e. The van der Waals surface area contributed by atoms with Crippen molar-refractivity contribution in [3.05, 3.63) is 29.8 Å². The quantitative estimate of drug-likeness (QED) is 0.201. The maximum Gasteiger partial charge on any atom is 0.314 e. The highest BCUT2D eigenvalue weighted by Gasteiger charge is 2.33. The van der Waals surface area contributed by atoms with E-state index in [1.807, 2.05) is 12.1 Å². The molecule has 2 heteroatoms. The number of rotatable bonds is 11. The molecule has 1 aromatic rings. The fraction of sp³-hybridized carbons (Fsp3) is 0.759. The van der Waals surface area contributed by atoms with Gasteiger partial charge in [-0.25, -0.2) is 0 Å². The Morgan fingerprint density at radius 1 is 0.774 bits per heavy atom. The molecule has 2 aliphatic rings. The molecule has 174 valence electrons. The molecule has 2 nitrogen and oxygen atoms in total. The van der Waals surface area contributed by atoms with Gasteiger partial charge in [-0.2, -0.15) is 0 Å². The number of unbranched alkanes of at least 4 members (excludes halogenated alkanes) is 4. The van der Waals surface area contributed by atoms with Gasteiger partial charge in [0, 0.05) is 0 Å². The molecule has 0 aromatic heterocycles. The topological polar surface area (TPSA) is 26.3 Å².